The Hall–Kier alpha value is -3.48. The van der Waals surface area contributed by atoms with Crippen LogP contribution in [0.15, 0.2) is 58.4 Å². The number of H-pyrrole nitrogens is 1. The van der Waals surface area contributed by atoms with Crippen molar-refractivity contribution in [2.24, 2.45) is 29.6 Å². The third-order valence-electron chi connectivity index (χ3n) is 9.75. The summed E-state index contributed by atoms with van der Waals surface area (Å²) in [7, 11) is 0. The van der Waals surface area contributed by atoms with Crippen LogP contribution >= 0.6 is 23.1 Å². The Morgan fingerprint density at radius 3 is 2.53 bits per heavy atom. The molecule has 6 unspecified atom stereocenters. The monoisotopic (exact) mass is 621 g/mol. The fourth-order valence-corrected chi connectivity index (χ4v) is 11.0. The van der Waals surface area contributed by atoms with Gasteiger partial charge in [0.15, 0.2) is 6.61 Å². The largest absolute Gasteiger partial charge is 0.484 e. The van der Waals surface area contributed by atoms with Crippen molar-refractivity contribution in [1.29, 1.82) is 0 Å². The summed E-state index contributed by atoms with van der Waals surface area (Å²) < 4.78 is 24.9. The maximum atomic E-state index is 13.9. The van der Waals surface area contributed by atoms with E-state index in [4.69, 9.17) is 9.47 Å². The Morgan fingerprint density at radius 2 is 1.77 bits per heavy atom. The number of rotatable bonds is 5. The van der Waals surface area contributed by atoms with E-state index < -0.39 is 17.7 Å². The van der Waals surface area contributed by atoms with Crippen LogP contribution in [0.3, 0.4) is 0 Å². The van der Waals surface area contributed by atoms with Crippen LogP contribution in [-0.4, -0.2) is 65.8 Å². The number of thioether (sulfide) groups is 1. The van der Waals surface area contributed by atoms with Gasteiger partial charge in [0.25, 0.3) is 5.91 Å². The summed E-state index contributed by atoms with van der Waals surface area (Å²) >= 11 is 2.82. The quantitative estimate of drug-likeness (QED) is 0.435. The topological polar surface area (TPSA) is 109 Å². The van der Waals surface area contributed by atoms with Gasteiger partial charge in [-0.05, 0) is 66.1 Å². The van der Waals surface area contributed by atoms with Crippen LogP contribution in [0.5, 0.6) is 5.75 Å². The molecule has 2 aliphatic carbocycles. The first-order valence-electron chi connectivity index (χ1n) is 14.5. The molecule has 222 valence electrons. The van der Waals surface area contributed by atoms with Crippen LogP contribution in [0.2, 0.25) is 0 Å². The highest BCUT2D eigenvalue weighted by Gasteiger charge is 2.69. The van der Waals surface area contributed by atoms with Gasteiger partial charge in [-0.2, -0.15) is 0 Å². The fraction of sp³-hybridized carbons (Fsp3) is 0.419. The molecule has 3 amide bonds. The van der Waals surface area contributed by atoms with E-state index in [1.54, 1.807) is 16.7 Å². The summed E-state index contributed by atoms with van der Waals surface area (Å²) in [6.07, 6.45) is 0.770. The Morgan fingerprint density at radius 1 is 1.02 bits per heavy atom. The smallest absolute Gasteiger partial charge is 0.305 e. The number of nitrogens with zero attached hydrogens (tertiary/aromatic N) is 2. The number of aromatic nitrogens is 1. The number of aromatic amines is 1. The second kappa shape index (κ2) is 10.3. The molecule has 0 radical (unpaired) electrons. The second-order valence-corrected chi connectivity index (χ2v) is 14.0. The zero-order valence-corrected chi connectivity index (χ0v) is 24.6. The van der Waals surface area contributed by atoms with Gasteiger partial charge in [-0.15, -0.1) is 11.8 Å². The highest BCUT2D eigenvalue weighted by molar-refractivity contribution is 8.00. The molecule has 2 saturated carbocycles. The number of imide groups is 1. The van der Waals surface area contributed by atoms with E-state index >= 15 is 0 Å². The number of benzene rings is 2. The summed E-state index contributed by atoms with van der Waals surface area (Å²) in [6, 6.07) is 13.2. The van der Waals surface area contributed by atoms with Gasteiger partial charge in [-0.3, -0.25) is 24.1 Å². The summed E-state index contributed by atoms with van der Waals surface area (Å²) in [5.74, 6) is -1.46. The van der Waals surface area contributed by atoms with E-state index in [-0.39, 0.29) is 58.1 Å². The Balaban J connectivity index is 1.11. The number of carbonyl (C=O) groups excluding carboxylic acids is 3. The van der Waals surface area contributed by atoms with E-state index in [1.807, 2.05) is 24.3 Å². The van der Waals surface area contributed by atoms with Crippen molar-refractivity contribution in [3.63, 3.8) is 0 Å². The number of halogens is 1. The number of ether oxygens (including phenoxy) is 2. The van der Waals surface area contributed by atoms with Crippen molar-refractivity contribution in [2.45, 2.75) is 22.6 Å². The van der Waals surface area contributed by atoms with Gasteiger partial charge in [-0.25, -0.2) is 4.39 Å². The normalized spacial score (nSPS) is 30.8. The summed E-state index contributed by atoms with van der Waals surface area (Å²) in [5, 5.41) is 0.873. The summed E-state index contributed by atoms with van der Waals surface area (Å²) in [4.78, 5) is 59.7. The van der Waals surface area contributed by atoms with Crippen LogP contribution in [0, 0.1) is 35.4 Å². The first-order chi connectivity index (χ1) is 20.9. The van der Waals surface area contributed by atoms with Crippen molar-refractivity contribution >= 4 is 46.5 Å². The fourth-order valence-electron chi connectivity index (χ4n) is 8.08. The molecule has 4 fully saturated rings. The molecule has 7 atom stereocenters. The van der Waals surface area contributed by atoms with Crippen molar-refractivity contribution in [1.82, 2.24) is 9.88 Å². The summed E-state index contributed by atoms with van der Waals surface area (Å²) in [5.41, 5.74) is 1.36. The van der Waals surface area contributed by atoms with Crippen molar-refractivity contribution in [3.05, 3.63) is 74.5 Å². The van der Waals surface area contributed by atoms with E-state index in [1.165, 1.54) is 40.5 Å². The zero-order chi connectivity index (χ0) is 29.4. The Kier molecular flexibility index (Phi) is 6.50. The number of amides is 3. The molecule has 8 rings (SSSR count). The average Bonchev–Trinajstić information content (AvgIpc) is 3.76. The van der Waals surface area contributed by atoms with Gasteiger partial charge in [-0.1, -0.05) is 23.5 Å². The number of hydrogen-bond acceptors (Lipinski definition) is 8. The highest BCUT2D eigenvalue weighted by Crippen LogP contribution is 2.68. The maximum Gasteiger partial charge on any atom is 0.305 e. The van der Waals surface area contributed by atoms with Crippen LogP contribution in [0.1, 0.15) is 22.8 Å². The number of morpholine rings is 1. The average molecular weight is 622 g/mol. The first-order valence-corrected chi connectivity index (χ1v) is 16.2. The summed E-state index contributed by atoms with van der Waals surface area (Å²) in [6.45, 7) is 2.05. The molecule has 4 heterocycles. The van der Waals surface area contributed by atoms with Crippen molar-refractivity contribution in [3.8, 4) is 5.75 Å². The van der Waals surface area contributed by atoms with E-state index in [2.05, 4.69) is 4.98 Å². The van der Waals surface area contributed by atoms with Crippen LogP contribution in [0.25, 0.3) is 0 Å². The molecule has 1 N–H and O–H groups in total. The van der Waals surface area contributed by atoms with Crippen LogP contribution in [-0.2, 0) is 19.1 Å². The van der Waals surface area contributed by atoms with Gasteiger partial charge in [0.05, 0.1) is 35.8 Å². The van der Waals surface area contributed by atoms with Crippen LogP contribution in [0.4, 0.5) is 10.1 Å². The van der Waals surface area contributed by atoms with E-state index in [0.29, 0.717) is 37.7 Å². The number of thiazole rings is 1. The Bertz CT molecular complexity index is 1680. The molecule has 9 nitrogen and oxygen atoms in total. The number of hydrogen-bond donors (Lipinski definition) is 1. The second-order valence-electron chi connectivity index (χ2n) is 11.8. The molecule has 2 aromatic carbocycles. The lowest BCUT2D eigenvalue weighted by atomic mass is 9.68. The molecule has 5 aliphatic rings. The molecule has 3 aliphatic heterocycles. The van der Waals surface area contributed by atoms with Crippen molar-refractivity contribution < 1.29 is 28.2 Å². The highest BCUT2D eigenvalue weighted by atomic mass is 32.2. The molecule has 43 heavy (non-hydrogen) atoms. The number of nitrogens with one attached hydrogen (secondary N) is 1. The lowest BCUT2D eigenvalue weighted by Crippen LogP contribution is -2.43. The van der Waals surface area contributed by atoms with Gasteiger partial charge in [0.1, 0.15) is 11.6 Å². The third kappa shape index (κ3) is 4.28. The SMILES string of the molecule is O=C(COc1cccc([C@H]2c3sc(=O)[nH]c3SC3C4CC(C5C(=O)N(c6ccc(F)cc6)C(=O)C45)C32)c1)N1CCOCC1. The molecule has 2 saturated heterocycles. The van der Waals surface area contributed by atoms with Crippen molar-refractivity contribution in [2.75, 3.05) is 37.8 Å². The van der Waals surface area contributed by atoms with Crippen LogP contribution < -0.4 is 14.5 Å². The first kappa shape index (κ1) is 27.1. The lowest BCUT2D eigenvalue weighted by molar-refractivity contribution is -0.137. The van der Waals surface area contributed by atoms with Gasteiger partial charge in [0, 0.05) is 29.1 Å². The number of carbonyl (C=O) groups is 3. The molecule has 12 heteroatoms. The number of anilines is 1. The minimum Gasteiger partial charge on any atom is -0.484 e. The molecule has 3 aromatic rings. The van der Waals surface area contributed by atoms with E-state index in [9.17, 15) is 23.6 Å². The molecule has 0 spiro atoms. The predicted octanol–water partition coefficient (Wildman–Crippen LogP) is 3.49. The lowest BCUT2D eigenvalue weighted by Gasteiger charge is -2.43. The molecule has 1 aromatic heterocycles. The van der Waals surface area contributed by atoms with E-state index in [0.717, 1.165) is 21.9 Å². The minimum atomic E-state index is -0.449. The third-order valence-corrected chi connectivity index (χ3v) is 12.3. The van der Waals surface area contributed by atoms with Gasteiger partial charge in [0.2, 0.25) is 11.8 Å². The molecular weight excluding hydrogens is 593 g/mol. The van der Waals surface area contributed by atoms with Gasteiger partial charge >= 0.3 is 4.87 Å². The zero-order valence-electron chi connectivity index (χ0n) is 22.9. The predicted molar refractivity (Wildman–Crippen MR) is 157 cm³/mol. The van der Waals surface area contributed by atoms with Gasteiger partial charge < -0.3 is 19.4 Å². The molecular formula is C31H28FN3O6S2. The number of fused-ring (bicyclic) bond motifs is 9. The Labute approximate surface area is 254 Å². The minimum absolute atomic E-state index is 0.0171. The maximum absolute atomic E-state index is 13.9. The standard InChI is InChI=1S/C31H28FN3O6S2/c32-16-4-6-17(7-5-16)35-29(37)24-19-13-20(25(24)30(35)38)26-23(19)22(27-28(42-26)33-31(39)43-27)15-2-1-3-18(12-15)41-14-21(36)34-8-10-40-11-9-34/h1-7,12,19-20,22-26H,8-11,13-14H2,(H,33,39)/t19?,20?,22-,23?,24?,25?,26?/m1/s1. The molecule has 2 bridgehead atoms.